The van der Waals surface area contributed by atoms with Gasteiger partial charge < -0.3 is 10.2 Å². The van der Waals surface area contributed by atoms with E-state index < -0.39 is 0 Å². The predicted octanol–water partition coefficient (Wildman–Crippen LogP) is 3.00. The molecule has 0 radical (unpaired) electrons. The quantitative estimate of drug-likeness (QED) is 0.906. The Morgan fingerprint density at radius 1 is 1.19 bits per heavy atom. The zero-order chi connectivity index (χ0) is 14.7. The Morgan fingerprint density at radius 3 is 2.57 bits per heavy atom. The van der Waals surface area contributed by atoms with Gasteiger partial charge >= 0.3 is 0 Å². The molecule has 0 atom stereocenters. The van der Waals surface area contributed by atoms with Crippen LogP contribution in [-0.2, 0) is 6.42 Å². The number of amides is 1. The van der Waals surface area contributed by atoms with Crippen molar-refractivity contribution in [2.24, 2.45) is 0 Å². The third-order valence-corrected chi connectivity index (χ3v) is 5.18. The molecule has 1 heterocycles. The van der Waals surface area contributed by atoms with Gasteiger partial charge in [0, 0.05) is 25.2 Å². The molecule has 0 bridgehead atoms. The molecule has 1 N–H and O–H groups in total. The van der Waals surface area contributed by atoms with Crippen LogP contribution in [0.3, 0.4) is 0 Å². The van der Waals surface area contributed by atoms with Gasteiger partial charge in [-0.25, -0.2) is 0 Å². The maximum absolute atomic E-state index is 13.0. The van der Waals surface area contributed by atoms with Crippen LogP contribution < -0.4 is 5.32 Å². The number of carbonyl (C=O) groups excluding carboxylic acids is 1. The molecule has 1 amide bonds. The summed E-state index contributed by atoms with van der Waals surface area (Å²) in [6.07, 6.45) is 7.14. The molecule has 1 aromatic rings. The number of hydrogen-bond donors (Lipinski definition) is 1. The molecule has 1 aromatic carbocycles. The Bertz CT molecular complexity index is 480. The van der Waals surface area contributed by atoms with Crippen LogP contribution in [0.25, 0.3) is 0 Å². The van der Waals surface area contributed by atoms with Gasteiger partial charge in [-0.3, -0.25) is 4.79 Å². The second kappa shape index (κ2) is 6.18. The van der Waals surface area contributed by atoms with E-state index >= 15 is 0 Å². The van der Waals surface area contributed by atoms with Gasteiger partial charge in [-0.1, -0.05) is 38.3 Å². The molecule has 3 heteroatoms. The van der Waals surface area contributed by atoms with Gasteiger partial charge in [0.1, 0.15) is 0 Å². The van der Waals surface area contributed by atoms with E-state index in [0.717, 1.165) is 44.5 Å². The average molecular weight is 286 g/mol. The third kappa shape index (κ3) is 2.84. The van der Waals surface area contributed by atoms with Crippen LogP contribution in [0.1, 0.15) is 54.9 Å². The number of nitrogens with zero attached hydrogens (tertiary/aromatic N) is 1. The molecule has 1 saturated carbocycles. The molecule has 3 nitrogen and oxygen atoms in total. The minimum Gasteiger partial charge on any atom is -0.330 e. The average Bonchev–Trinajstić information content (AvgIpc) is 2.55. The Hall–Kier alpha value is -1.35. The Kier molecular flexibility index (Phi) is 4.29. The molecule has 1 saturated heterocycles. The predicted molar refractivity (Wildman–Crippen MR) is 85.5 cm³/mol. The van der Waals surface area contributed by atoms with Crippen molar-refractivity contribution in [2.45, 2.75) is 51.0 Å². The lowest BCUT2D eigenvalue weighted by Crippen LogP contribution is -2.63. The molecule has 1 aliphatic carbocycles. The Balaban J connectivity index is 1.83. The van der Waals surface area contributed by atoms with E-state index in [-0.39, 0.29) is 11.4 Å². The number of nitrogens with one attached hydrogen (secondary N) is 1. The Labute approximate surface area is 127 Å². The highest BCUT2D eigenvalue weighted by molar-refractivity contribution is 5.95. The molecular weight excluding hydrogens is 260 g/mol. The summed E-state index contributed by atoms with van der Waals surface area (Å²) in [5, 5.41) is 3.51. The molecular formula is C18H26N2O. The fraction of sp³-hybridized carbons (Fsp3) is 0.611. The first-order valence-electron chi connectivity index (χ1n) is 8.37. The summed E-state index contributed by atoms with van der Waals surface area (Å²) in [6, 6.07) is 8.17. The van der Waals surface area contributed by atoms with Crippen molar-refractivity contribution < 1.29 is 4.79 Å². The lowest BCUT2D eigenvalue weighted by atomic mass is 9.78. The molecule has 2 fully saturated rings. The molecule has 2 aliphatic rings. The van der Waals surface area contributed by atoms with Gasteiger partial charge in [0.25, 0.3) is 5.91 Å². The molecule has 0 aromatic heterocycles. The monoisotopic (exact) mass is 286 g/mol. The molecule has 114 valence electrons. The molecule has 0 unspecified atom stereocenters. The van der Waals surface area contributed by atoms with Gasteiger partial charge in [0.2, 0.25) is 0 Å². The fourth-order valence-corrected chi connectivity index (χ4v) is 3.86. The van der Waals surface area contributed by atoms with E-state index in [2.05, 4.69) is 29.3 Å². The summed E-state index contributed by atoms with van der Waals surface area (Å²) in [6.45, 7) is 4.87. The van der Waals surface area contributed by atoms with Crippen LogP contribution in [0.2, 0.25) is 0 Å². The molecule has 3 rings (SSSR count). The number of piperazine rings is 1. The van der Waals surface area contributed by atoms with Crippen LogP contribution in [0, 0.1) is 0 Å². The van der Waals surface area contributed by atoms with Gasteiger partial charge in [0.05, 0.1) is 5.54 Å². The highest BCUT2D eigenvalue weighted by Gasteiger charge is 2.42. The topological polar surface area (TPSA) is 32.3 Å². The SMILES string of the molecule is CCc1ccc(C(=O)N2CCNCC23CCCCC3)cc1. The number of benzene rings is 1. The first-order chi connectivity index (χ1) is 10.2. The summed E-state index contributed by atoms with van der Waals surface area (Å²) in [5.41, 5.74) is 2.20. The van der Waals surface area contributed by atoms with Crippen molar-refractivity contribution in [1.82, 2.24) is 10.2 Å². The normalized spacial score (nSPS) is 21.5. The number of aryl methyl sites for hydroxylation is 1. The summed E-state index contributed by atoms with van der Waals surface area (Å²) in [4.78, 5) is 15.1. The third-order valence-electron chi connectivity index (χ3n) is 5.18. The maximum Gasteiger partial charge on any atom is 0.254 e. The van der Waals surface area contributed by atoms with Gasteiger partial charge in [-0.05, 0) is 37.0 Å². The maximum atomic E-state index is 13.0. The van der Waals surface area contributed by atoms with Crippen LogP contribution in [0.4, 0.5) is 0 Å². The van der Waals surface area contributed by atoms with Crippen molar-refractivity contribution in [3.63, 3.8) is 0 Å². The zero-order valence-electron chi connectivity index (χ0n) is 13.0. The zero-order valence-corrected chi connectivity index (χ0v) is 13.0. The standard InChI is InChI=1S/C18H26N2O/c1-2-15-6-8-16(9-7-15)17(21)20-13-12-19-14-18(20)10-4-3-5-11-18/h6-9,19H,2-5,10-14H2,1H3. The first kappa shape index (κ1) is 14.6. The number of rotatable bonds is 2. The lowest BCUT2D eigenvalue weighted by molar-refractivity contribution is 0.0222. The van der Waals surface area contributed by atoms with Gasteiger partial charge in [-0.2, -0.15) is 0 Å². The second-order valence-electron chi connectivity index (χ2n) is 6.47. The summed E-state index contributed by atoms with van der Waals surface area (Å²) in [5.74, 6) is 0.223. The molecule has 1 spiro atoms. The van der Waals surface area contributed by atoms with Crippen LogP contribution in [-0.4, -0.2) is 36.0 Å². The van der Waals surface area contributed by atoms with E-state index in [4.69, 9.17) is 0 Å². The molecule has 1 aliphatic heterocycles. The summed E-state index contributed by atoms with van der Waals surface area (Å²) in [7, 11) is 0. The van der Waals surface area contributed by atoms with E-state index in [1.807, 2.05) is 12.1 Å². The van der Waals surface area contributed by atoms with E-state index in [1.54, 1.807) is 0 Å². The smallest absolute Gasteiger partial charge is 0.254 e. The number of hydrogen-bond acceptors (Lipinski definition) is 2. The highest BCUT2D eigenvalue weighted by Crippen LogP contribution is 2.35. The van der Waals surface area contributed by atoms with Crippen molar-refractivity contribution in [2.75, 3.05) is 19.6 Å². The van der Waals surface area contributed by atoms with E-state index in [9.17, 15) is 4.79 Å². The fourth-order valence-electron chi connectivity index (χ4n) is 3.86. The van der Waals surface area contributed by atoms with E-state index in [0.29, 0.717) is 0 Å². The number of carbonyl (C=O) groups is 1. The molecule has 21 heavy (non-hydrogen) atoms. The minimum absolute atomic E-state index is 0.0665. The van der Waals surface area contributed by atoms with Crippen molar-refractivity contribution in [1.29, 1.82) is 0 Å². The van der Waals surface area contributed by atoms with Gasteiger partial charge in [-0.15, -0.1) is 0 Å². The van der Waals surface area contributed by atoms with Crippen LogP contribution >= 0.6 is 0 Å². The Morgan fingerprint density at radius 2 is 1.90 bits per heavy atom. The van der Waals surface area contributed by atoms with Crippen molar-refractivity contribution in [3.05, 3.63) is 35.4 Å². The van der Waals surface area contributed by atoms with Crippen molar-refractivity contribution in [3.8, 4) is 0 Å². The first-order valence-corrected chi connectivity index (χ1v) is 8.37. The van der Waals surface area contributed by atoms with Crippen molar-refractivity contribution >= 4 is 5.91 Å². The summed E-state index contributed by atoms with van der Waals surface area (Å²) >= 11 is 0. The largest absolute Gasteiger partial charge is 0.330 e. The lowest BCUT2D eigenvalue weighted by Gasteiger charge is -2.49. The van der Waals surface area contributed by atoms with Crippen LogP contribution in [0.5, 0.6) is 0 Å². The van der Waals surface area contributed by atoms with E-state index in [1.165, 1.54) is 24.8 Å². The minimum atomic E-state index is 0.0665. The highest BCUT2D eigenvalue weighted by atomic mass is 16.2. The summed E-state index contributed by atoms with van der Waals surface area (Å²) < 4.78 is 0. The van der Waals surface area contributed by atoms with Crippen LogP contribution in [0.15, 0.2) is 24.3 Å². The second-order valence-corrected chi connectivity index (χ2v) is 6.47. The van der Waals surface area contributed by atoms with Gasteiger partial charge in [0.15, 0.2) is 0 Å².